The molecule has 0 aliphatic heterocycles. The maximum atomic E-state index is 12.6. The van der Waals surface area contributed by atoms with Gasteiger partial charge in [-0.3, -0.25) is 4.79 Å². The standard InChI is InChI=1S/C11H18F3NO4/c1-5-18-8(16)7(11(12,13)14)6-15-9(17)19-10(2,3)4/h7H,5-6H2,1-4H3,(H,15,17). The first-order chi connectivity index (χ1) is 8.47. The lowest BCUT2D eigenvalue weighted by Gasteiger charge is -2.22. The molecule has 1 atom stereocenters. The minimum absolute atomic E-state index is 0.169. The van der Waals surface area contributed by atoms with Crippen LogP contribution in [0.2, 0.25) is 0 Å². The first kappa shape index (κ1) is 17.5. The van der Waals surface area contributed by atoms with Crippen LogP contribution in [-0.4, -0.2) is 37.0 Å². The fourth-order valence-electron chi connectivity index (χ4n) is 1.08. The van der Waals surface area contributed by atoms with Crippen LogP contribution in [0.1, 0.15) is 27.7 Å². The van der Waals surface area contributed by atoms with Gasteiger partial charge >= 0.3 is 18.2 Å². The zero-order valence-electron chi connectivity index (χ0n) is 11.3. The third-order valence-electron chi connectivity index (χ3n) is 1.82. The molecule has 1 amide bonds. The summed E-state index contributed by atoms with van der Waals surface area (Å²) in [4.78, 5) is 22.4. The lowest BCUT2D eigenvalue weighted by Crippen LogP contribution is -2.43. The highest BCUT2D eigenvalue weighted by Crippen LogP contribution is 2.26. The summed E-state index contributed by atoms with van der Waals surface area (Å²) < 4.78 is 46.9. The lowest BCUT2D eigenvalue weighted by molar-refractivity contribution is -0.196. The van der Waals surface area contributed by atoms with Crippen molar-refractivity contribution >= 4 is 12.1 Å². The maximum Gasteiger partial charge on any atom is 0.407 e. The zero-order valence-corrected chi connectivity index (χ0v) is 11.3. The molecule has 0 spiro atoms. The molecule has 0 aromatic carbocycles. The third kappa shape index (κ3) is 7.53. The Morgan fingerprint density at radius 2 is 1.74 bits per heavy atom. The van der Waals surface area contributed by atoms with Crippen molar-refractivity contribution in [2.45, 2.75) is 39.5 Å². The number of ether oxygens (including phenoxy) is 2. The van der Waals surface area contributed by atoms with E-state index >= 15 is 0 Å². The van der Waals surface area contributed by atoms with E-state index in [0.29, 0.717) is 0 Å². The summed E-state index contributed by atoms with van der Waals surface area (Å²) >= 11 is 0. The minimum atomic E-state index is -4.79. The summed E-state index contributed by atoms with van der Waals surface area (Å²) in [6, 6.07) is 0. The van der Waals surface area contributed by atoms with Crippen LogP contribution in [0.15, 0.2) is 0 Å². The normalized spacial score (nSPS) is 13.6. The number of hydrogen-bond donors (Lipinski definition) is 1. The van der Waals surface area contributed by atoms with Crippen molar-refractivity contribution in [3.05, 3.63) is 0 Å². The van der Waals surface area contributed by atoms with Gasteiger partial charge in [0.05, 0.1) is 6.61 Å². The van der Waals surface area contributed by atoms with Crippen LogP contribution < -0.4 is 5.32 Å². The molecular formula is C11H18F3NO4. The Kier molecular flexibility index (Phi) is 6.11. The molecule has 0 radical (unpaired) electrons. The van der Waals surface area contributed by atoms with Gasteiger partial charge in [-0.25, -0.2) is 4.79 Å². The van der Waals surface area contributed by atoms with E-state index in [1.54, 1.807) is 20.8 Å². The van der Waals surface area contributed by atoms with Gasteiger partial charge in [-0.05, 0) is 27.7 Å². The number of hydrogen-bond acceptors (Lipinski definition) is 4. The monoisotopic (exact) mass is 285 g/mol. The molecule has 0 bridgehead atoms. The highest BCUT2D eigenvalue weighted by molar-refractivity contribution is 5.75. The Morgan fingerprint density at radius 3 is 2.11 bits per heavy atom. The Hall–Kier alpha value is -1.47. The predicted molar refractivity (Wildman–Crippen MR) is 60.4 cm³/mol. The molecule has 0 fully saturated rings. The molecule has 1 N–H and O–H groups in total. The molecule has 0 rings (SSSR count). The quantitative estimate of drug-likeness (QED) is 0.805. The van der Waals surface area contributed by atoms with Crippen molar-refractivity contribution in [1.29, 1.82) is 0 Å². The molecule has 5 nitrogen and oxygen atoms in total. The SMILES string of the molecule is CCOC(=O)C(CNC(=O)OC(C)(C)C)C(F)(F)F. The number of carbonyl (C=O) groups excluding carboxylic acids is 2. The fourth-order valence-corrected chi connectivity index (χ4v) is 1.08. The zero-order chi connectivity index (χ0) is 15.3. The molecule has 0 aromatic heterocycles. The van der Waals surface area contributed by atoms with E-state index in [1.807, 2.05) is 5.32 Å². The number of alkyl carbamates (subject to hydrolysis) is 1. The Labute approximate surface area is 109 Å². The smallest absolute Gasteiger partial charge is 0.407 e. The van der Waals surface area contributed by atoms with Crippen LogP contribution in [0.3, 0.4) is 0 Å². The van der Waals surface area contributed by atoms with E-state index in [9.17, 15) is 22.8 Å². The van der Waals surface area contributed by atoms with Crippen molar-refractivity contribution in [3.63, 3.8) is 0 Å². The molecule has 8 heteroatoms. The molecule has 112 valence electrons. The molecule has 0 saturated carbocycles. The minimum Gasteiger partial charge on any atom is -0.465 e. The summed E-state index contributed by atoms with van der Waals surface area (Å²) in [5.74, 6) is -3.83. The van der Waals surface area contributed by atoms with Crippen molar-refractivity contribution in [2.24, 2.45) is 5.92 Å². The molecule has 0 aromatic rings. The number of rotatable bonds is 4. The number of amides is 1. The van der Waals surface area contributed by atoms with Crippen LogP contribution >= 0.6 is 0 Å². The lowest BCUT2D eigenvalue weighted by atomic mass is 10.1. The molecule has 0 saturated heterocycles. The second-order valence-corrected chi connectivity index (χ2v) is 4.73. The van der Waals surface area contributed by atoms with E-state index < -0.39 is 36.3 Å². The molecule has 0 heterocycles. The number of halogens is 3. The van der Waals surface area contributed by atoms with Crippen LogP contribution in [0.4, 0.5) is 18.0 Å². The van der Waals surface area contributed by atoms with E-state index in [-0.39, 0.29) is 6.61 Å². The van der Waals surface area contributed by atoms with Gasteiger partial charge in [-0.1, -0.05) is 0 Å². The van der Waals surface area contributed by atoms with Gasteiger partial charge in [0, 0.05) is 6.54 Å². The molecule has 0 aliphatic rings. The first-order valence-electron chi connectivity index (χ1n) is 5.67. The van der Waals surface area contributed by atoms with Gasteiger partial charge < -0.3 is 14.8 Å². The third-order valence-corrected chi connectivity index (χ3v) is 1.82. The van der Waals surface area contributed by atoms with Gasteiger partial charge in [0.1, 0.15) is 5.60 Å². The largest absolute Gasteiger partial charge is 0.465 e. The van der Waals surface area contributed by atoms with Crippen molar-refractivity contribution in [2.75, 3.05) is 13.2 Å². The summed E-state index contributed by atoms with van der Waals surface area (Å²) in [6.45, 7) is 5.01. The number of carbonyl (C=O) groups is 2. The van der Waals surface area contributed by atoms with Crippen LogP contribution in [0.25, 0.3) is 0 Å². The Balaban J connectivity index is 4.52. The van der Waals surface area contributed by atoms with E-state index in [4.69, 9.17) is 4.74 Å². The van der Waals surface area contributed by atoms with Gasteiger partial charge in [0.2, 0.25) is 0 Å². The average Bonchev–Trinajstić information content (AvgIpc) is 2.12. The second-order valence-electron chi connectivity index (χ2n) is 4.73. The molecular weight excluding hydrogens is 267 g/mol. The Morgan fingerprint density at radius 1 is 1.21 bits per heavy atom. The highest BCUT2D eigenvalue weighted by Gasteiger charge is 2.46. The molecule has 0 aliphatic carbocycles. The number of esters is 1. The van der Waals surface area contributed by atoms with Gasteiger partial charge in [0.15, 0.2) is 5.92 Å². The van der Waals surface area contributed by atoms with Crippen molar-refractivity contribution in [1.82, 2.24) is 5.32 Å². The summed E-state index contributed by atoms with van der Waals surface area (Å²) in [5.41, 5.74) is -0.832. The fraction of sp³-hybridized carbons (Fsp3) is 0.818. The maximum absolute atomic E-state index is 12.6. The van der Waals surface area contributed by atoms with Gasteiger partial charge in [-0.2, -0.15) is 13.2 Å². The van der Waals surface area contributed by atoms with E-state index in [0.717, 1.165) is 0 Å². The molecule has 1 unspecified atom stereocenters. The summed E-state index contributed by atoms with van der Waals surface area (Å²) in [6.07, 6.45) is -5.81. The molecule has 19 heavy (non-hydrogen) atoms. The Bertz CT molecular complexity index is 323. The summed E-state index contributed by atoms with van der Waals surface area (Å²) in [5, 5.41) is 1.90. The van der Waals surface area contributed by atoms with E-state index in [2.05, 4.69) is 4.74 Å². The van der Waals surface area contributed by atoms with Gasteiger partial charge in [-0.15, -0.1) is 0 Å². The van der Waals surface area contributed by atoms with Crippen LogP contribution in [-0.2, 0) is 14.3 Å². The van der Waals surface area contributed by atoms with Gasteiger partial charge in [0.25, 0.3) is 0 Å². The van der Waals surface area contributed by atoms with Crippen LogP contribution in [0.5, 0.6) is 0 Å². The van der Waals surface area contributed by atoms with Crippen molar-refractivity contribution < 1.29 is 32.2 Å². The first-order valence-corrected chi connectivity index (χ1v) is 5.67. The predicted octanol–water partition coefficient (Wildman–Crippen LogP) is 2.25. The highest BCUT2D eigenvalue weighted by atomic mass is 19.4. The topological polar surface area (TPSA) is 64.6 Å². The van der Waals surface area contributed by atoms with Crippen molar-refractivity contribution in [3.8, 4) is 0 Å². The number of nitrogens with one attached hydrogen (secondary N) is 1. The average molecular weight is 285 g/mol. The number of alkyl halides is 3. The van der Waals surface area contributed by atoms with Crippen LogP contribution in [0, 0.1) is 5.92 Å². The summed E-state index contributed by atoms with van der Waals surface area (Å²) in [7, 11) is 0. The second kappa shape index (κ2) is 6.63. The van der Waals surface area contributed by atoms with E-state index in [1.165, 1.54) is 6.92 Å².